The largest absolute Gasteiger partial charge is 0.381 e. The summed E-state index contributed by atoms with van der Waals surface area (Å²) < 4.78 is 6.64. The smallest absolute Gasteiger partial charge is 0.0476 e. The molecule has 1 aromatic carbocycles. The Labute approximate surface area is 127 Å². The van der Waals surface area contributed by atoms with E-state index in [0.29, 0.717) is 0 Å². The Morgan fingerprint density at radius 1 is 1.21 bits per heavy atom. The summed E-state index contributed by atoms with van der Waals surface area (Å²) in [6.45, 7) is 2.82. The molecule has 0 radical (unpaired) electrons. The molecule has 1 heterocycles. The highest BCUT2D eigenvalue weighted by atomic mass is 79.9. The van der Waals surface area contributed by atoms with Crippen LogP contribution in [0.15, 0.2) is 27.6 Å². The first kappa shape index (κ1) is 13.9. The minimum atomic E-state index is 0.719. The summed E-state index contributed by atoms with van der Waals surface area (Å²) in [7, 11) is 0. The Morgan fingerprint density at radius 3 is 2.68 bits per heavy atom. The highest BCUT2D eigenvalue weighted by molar-refractivity contribution is 9.10. The standard InChI is InChI=1S/C15H20BrNOS/c16-15-9-14(19-13-5-7-18-8-6-13)4-1-11(15)10-17-12-2-3-12/h1,4,9,12-13,17H,2-3,5-8,10H2. The van der Waals surface area contributed by atoms with Crippen molar-refractivity contribution in [2.24, 2.45) is 0 Å². The third kappa shape index (κ3) is 4.22. The van der Waals surface area contributed by atoms with Gasteiger partial charge in [0.1, 0.15) is 0 Å². The van der Waals surface area contributed by atoms with Crippen LogP contribution in [0.5, 0.6) is 0 Å². The second kappa shape index (κ2) is 6.61. The lowest BCUT2D eigenvalue weighted by atomic mass is 10.2. The van der Waals surface area contributed by atoms with Crippen LogP contribution in [0.1, 0.15) is 31.2 Å². The fraction of sp³-hybridized carbons (Fsp3) is 0.600. The second-order valence-electron chi connectivity index (χ2n) is 5.34. The van der Waals surface area contributed by atoms with E-state index in [0.717, 1.165) is 31.1 Å². The van der Waals surface area contributed by atoms with Gasteiger partial charge < -0.3 is 10.1 Å². The lowest BCUT2D eigenvalue weighted by Crippen LogP contribution is -2.17. The van der Waals surface area contributed by atoms with Gasteiger partial charge in [0.2, 0.25) is 0 Å². The number of nitrogens with one attached hydrogen (secondary N) is 1. The van der Waals surface area contributed by atoms with E-state index in [4.69, 9.17) is 4.74 Å². The molecule has 2 fully saturated rings. The monoisotopic (exact) mass is 341 g/mol. The number of hydrogen-bond donors (Lipinski definition) is 1. The molecule has 19 heavy (non-hydrogen) atoms. The summed E-state index contributed by atoms with van der Waals surface area (Å²) >= 11 is 5.70. The van der Waals surface area contributed by atoms with Gasteiger partial charge in [-0.3, -0.25) is 0 Å². The zero-order valence-electron chi connectivity index (χ0n) is 11.0. The van der Waals surface area contributed by atoms with Crippen molar-refractivity contribution in [3.05, 3.63) is 28.2 Å². The van der Waals surface area contributed by atoms with Crippen LogP contribution in [0.3, 0.4) is 0 Å². The van der Waals surface area contributed by atoms with Gasteiger partial charge in [0.05, 0.1) is 0 Å². The van der Waals surface area contributed by atoms with Crippen molar-refractivity contribution in [3.8, 4) is 0 Å². The second-order valence-corrected chi connectivity index (χ2v) is 7.57. The Kier molecular flexibility index (Phi) is 4.85. The number of halogens is 1. The molecule has 4 heteroatoms. The van der Waals surface area contributed by atoms with E-state index in [1.165, 1.54) is 40.6 Å². The van der Waals surface area contributed by atoms with Gasteiger partial charge in [0, 0.05) is 40.4 Å². The van der Waals surface area contributed by atoms with Crippen LogP contribution in [0, 0.1) is 0 Å². The lowest BCUT2D eigenvalue weighted by molar-refractivity contribution is 0.100. The van der Waals surface area contributed by atoms with E-state index in [-0.39, 0.29) is 0 Å². The maximum atomic E-state index is 5.41. The first-order chi connectivity index (χ1) is 9.31. The quantitative estimate of drug-likeness (QED) is 0.875. The number of rotatable bonds is 5. The minimum Gasteiger partial charge on any atom is -0.381 e. The molecule has 1 aliphatic heterocycles. The first-order valence-corrected chi connectivity index (χ1v) is 8.75. The van der Waals surface area contributed by atoms with Crippen LogP contribution in [0.4, 0.5) is 0 Å². The fourth-order valence-corrected chi connectivity index (χ4v) is 4.09. The van der Waals surface area contributed by atoms with Crippen molar-refractivity contribution in [1.29, 1.82) is 0 Å². The van der Waals surface area contributed by atoms with E-state index in [2.05, 4.69) is 39.4 Å². The minimum absolute atomic E-state index is 0.719. The summed E-state index contributed by atoms with van der Waals surface area (Å²) in [5.74, 6) is 0. The normalized spacial score (nSPS) is 20.7. The number of hydrogen-bond acceptors (Lipinski definition) is 3. The van der Waals surface area contributed by atoms with Gasteiger partial charge >= 0.3 is 0 Å². The summed E-state index contributed by atoms with van der Waals surface area (Å²) in [6, 6.07) is 7.54. The van der Waals surface area contributed by atoms with E-state index in [1.54, 1.807) is 0 Å². The van der Waals surface area contributed by atoms with Gasteiger partial charge in [-0.25, -0.2) is 0 Å². The zero-order chi connectivity index (χ0) is 13.1. The molecule has 1 N–H and O–H groups in total. The van der Waals surface area contributed by atoms with Crippen LogP contribution >= 0.6 is 27.7 Å². The van der Waals surface area contributed by atoms with E-state index in [9.17, 15) is 0 Å². The summed E-state index contributed by atoms with van der Waals surface area (Å²) in [4.78, 5) is 1.37. The molecule has 104 valence electrons. The maximum Gasteiger partial charge on any atom is 0.0476 e. The summed E-state index contributed by atoms with van der Waals surface area (Å²) in [5, 5.41) is 4.28. The first-order valence-electron chi connectivity index (χ1n) is 7.07. The topological polar surface area (TPSA) is 21.3 Å². The van der Waals surface area contributed by atoms with Crippen LogP contribution in [0.25, 0.3) is 0 Å². The molecule has 1 aliphatic carbocycles. The van der Waals surface area contributed by atoms with Crippen LogP contribution in [-0.4, -0.2) is 24.5 Å². The molecular formula is C15H20BrNOS. The molecule has 0 spiro atoms. The third-order valence-electron chi connectivity index (χ3n) is 3.65. The Bertz CT molecular complexity index is 430. The molecule has 0 aromatic heterocycles. The predicted molar refractivity (Wildman–Crippen MR) is 83.7 cm³/mol. The number of thioether (sulfide) groups is 1. The molecule has 2 aliphatic rings. The SMILES string of the molecule is Brc1cc(SC2CCOCC2)ccc1CNC1CC1. The molecule has 0 amide bonds. The molecule has 0 bridgehead atoms. The average molecular weight is 342 g/mol. The van der Waals surface area contributed by atoms with Crippen LogP contribution < -0.4 is 5.32 Å². The van der Waals surface area contributed by atoms with Gasteiger partial charge in [0.15, 0.2) is 0 Å². The molecule has 2 nitrogen and oxygen atoms in total. The van der Waals surface area contributed by atoms with E-state index in [1.807, 2.05) is 11.8 Å². The highest BCUT2D eigenvalue weighted by Crippen LogP contribution is 2.32. The average Bonchev–Trinajstić information content (AvgIpc) is 3.23. The van der Waals surface area contributed by atoms with Gasteiger partial charge in [-0.1, -0.05) is 22.0 Å². The lowest BCUT2D eigenvalue weighted by Gasteiger charge is -2.21. The zero-order valence-corrected chi connectivity index (χ0v) is 13.4. The third-order valence-corrected chi connectivity index (χ3v) is 5.72. The van der Waals surface area contributed by atoms with Crippen molar-refractivity contribution in [2.75, 3.05) is 13.2 Å². The van der Waals surface area contributed by atoms with Crippen molar-refractivity contribution < 1.29 is 4.74 Å². The molecule has 1 aromatic rings. The summed E-state index contributed by atoms with van der Waals surface area (Å²) in [6.07, 6.45) is 5.03. The van der Waals surface area contributed by atoms with Crippen molar-refractivity contribution in [2.45, 2.75) is 48.4 Å². The van der Waals surface area contributed by atoms with Crippen molar-refractivity contribution >= 4 is 27.7 Å². The molecule has 3 rings (SSSR count). The van der Waals surface area contributed by atoms with Crippen LogP contribution in [0.2, 0.25) is 0 Å². The molecule has 0 atom stereocenters. The Hall–Kier alpha value is -0.0300. The van der Waals surface area contributed by atoms with E-state index >= 15 is 0 Å². The molecule has 1 saturated heterocycles. The Morgan fingerprint density at radius 2 is 2.00 bits per heavy atom. The molecular weight excluding hydrogens is 322 g/mol. The van der Waals surface area contributed by atoms with Gasteiger partial charge in [-0.15, -0.1) is 11.8 Å². The maximum absolute atomic E-state index is 5.41. The van der Waals surface area contributed by atoms with E-state index < -0.39 is 0 Å². The Balaban J connectivity index is 1.57. The van der Waals surface area contributed by atoms with Crippen molar-refractivity contribution in [1.82, 2.24) is 5.32 Å². The number of ether oxygens (including phenoxy) is 1. The number of benzene rings is 1. The molecule has 0 unspecified atom stereocenters. The predicted octanol–water partition coefficient (Wildman–Crippen LogP) is 3.97. The van der Waals surface area contributed by atoms with Gasteiger partial charge in [-0.2, -0.15) is 0 Å². The molecule has 1 saturated carbocycles. The highest BCUT2D eigenvalue weighted by Gasteiger charge is 2.20. The van der Waals surface area contributed by atoms with Gasteiger partial charge in [0.25, 0.3) is 0 Å². The fourth-order valence-electron chi connectivity index (χ4n) is 2.27. The van der Waals surface area contributed by atoms with Gasteiger partial charge in [-0.05, 0) is 43.4 Å². The van der Waals surface area contributed by atoms with Crippen molar-refractivity contribution in [3.63, 3.8) is 0 Å². The van der Waals surface area contributed by atoms with Crippen LogP contribution in [-0.2, 0) is 11.3 Å². The summed E-state index contributed by atoms with van der Waals surface area (Å²) in [5.41, 5.74) is 1.36.